The van der Waals surface area contributed by atoms with Gasteiger partial charge in [0.25, 0.3) is 0 Å². The van der Waals surface area contributed by atoms with E-state index in [1.54, 1.807) is 38.9 Å². The van der Waals surface area contributed by atoms with Crippen LogP contribution in [0.2, 0.25) is 0 Å². The summed E-state index contributed by atoms with van der Waals surface area (Å²) in [6.07, 6.45) is 2.07. The number of cyclic esters (lactones) is 1. The van der Waals surface area contributed by atoms with Gasteiger partial charge in [-0.25, -0.2) is 9.59 Å². The zero-order chi connectivity index (χ0) is 25.0. The Bertz CT molecular complexity index is 935. The van der Waals surface area contributed by atoms with Gasteiger partial charge in [0.1, 0.15) is 5.60 Å². The number of aliphatic hydroxyl groups is 1. The van der Waals surface area contributed by atoms with Crippen LogP contribution >= 0.6 is 0 Å². The fraction of sp³-hybridized carbons (Fsp3) is 0.538. The second-order valence-electron chi connectivity index (χ2n) is 10.1. The Morgan fingerprint density at radius 3 is 2.42 bits per heavy atom. The summed E-state index contributed by atoms with van der Waals surface area (Å²) in [4.78, 5) is 27.8. The molecule has 1 aliphatic heterocycles. The standard InChI is InChI=1S/C26H37N3O4/c1-9-26(18-25(5,6)32)16-17-29(23(31)33-26)19(2)21-12-10-20(11-13-21)14-15-24(3,4)27-22(30)28(7)8/h9-13,19,32H,1,16-18H2,2-8H3,(H,27,30)/t19-,26-/m0/s1. The minimum Gasteiger partial charge on any atom is -0.438 e. The monoisotopic (exact) mass is 455 g/mol. The fourth-order valence-corrected chi connectivity index (χ4v) is 3.77. The second-order valence-corrected chi connectivity index (χ2v) is 10.1. The number of urea groups is 1. The molecule has 1 heterocycles. The first-order valence-corrected chi connectivity index (χ1v) is 11.2. The van der Waals surface area contributed by atoms with E-state index in [2.05, 4.69) is 23.7 Å². The number of benzene rings is 1. The molecule has 0 aromatic heterocycles. The van der Waals surface area contributed by atoms with Gasteiger partial charge in [0.05, 0.1) is 17.2 Å². The van der Waals surface area contributed by atoms with Crippen LogP contribution in [0.15, 0.2) is 36.9 Å². The normalized spacial score (nSPS) is 19.6. The first-order chi connectivity index (χ1) is 15.2. The molecule has 180 valence electrons. The summed E-state index contributed by atoms with van der Waals surface area (Å²) in [5.41, 5.74) is -0.726. The van der Waals surface area contributed by atoms with Crippen molar-refractivity contribution in [3.63, 3.8) is 0 Å². The number of hydrogen-bond acceptors (Lipinski definition) is 4. The van der Waals surface area contributed by atoms with Crippen LogP contribution in [0.4, 0.5) is 9.59 Å². The maximum absolute atomic E-state index is 12.8. The summed E-state index contributed by atoms with van der Waals surface area (Å²) in [5.74, 6) is 6.19. The van der Waals surface area contributed by atoms with Crippen molar-refractivity contribution in [2.24, 2.45) is 0 Å². The van der Waals surface area contributed by atoms with Gasteiger partial charge in [0.2, 0.25) is 0 Å². The number of carbonyl (C=O) groups excluding carboxylic acids is 2. The van der Waals surface area contributed by atoms with Crippen LogP contribution in [-0.2, 0) is 4.74 Å². The SMILES string of the molecule is C=C[C@@]1(CC(C)(C)O)CCN([C@@H](C)c2ccc(C#CC(C)(C)NC(=O)N(C)C)cc2)C(=O)O1. The van der Waals surface area contributed by atoms with E-state index < -0.39 is 22.8 Å². The summed E-state index contributed by atoms with van der Waals surface area (Å²) < 4.78 is 5.75. The van der Waals surface area contributed by atoms with Crippen molar-refractivity contribution in [3.8, 4) is 11.8 Å². The van der Waals surface area contributed by atoms with E-state index in [1.807, 2.05) is 45.0 Å². The van der Waals surface area contributed by atoms with E-state index in [0.29, 0.717) is 19.4 Å². The van der Waals surface area contributed by atoms with Gasteiger partial charge in [-0.15, -0.1) is 0 Å². The Morgan fingerprint density at radius 1 is 1.33 bits per heavy atom. The van der Waals surface area contributed by atoms with Crippen LogP contribution in [0.3, 0.4) is 0 Å². The largest absolute Gasteiger partial charge is 0.438 e. The number of amides is 3. The topological polar surface area (TPSA) is 82.1 Å². The molecule has 2 N–H and O–H groups in total. The van der Waals surface area contributed by atoms with Gasteiger partial charge in [-0.3, -0.25) is 0 Å². The number of nitrogens with one attached hydrogen (secondary N) is 1. The quantitative estimate of drug-likeness (QED) is 0.500. The zero-order valence-electron chi connectivity index (χ0n) is 20.9. The van der Waals surface area contributed by atoms with Gasteiger partial charge in [-0.05, 0) is 58.4 Å². The van der Waals surface area contributed by atoms with Crippen molar-refractivity contribution < 1.29 is 19.4 Å². The highest BCUT2D eigenvalue weighted by Crippen LogP contribution is 2.35. The third-order valence-electron chi connectivity index (χ3n) is 5.61. The molecule has 1 saturated heterocycles. The first-order valence-electron chi connectivity index (χ1n) is 11.2. The summed E-state index contributed by atoms with van der Waals surface area (Å²) in [6, 6.07) is 7.31. The molecule has 0 saturated carbocycles. The van der Waals surface area contributed by atoms with Crippen LogP contribution in [0.25, 0.3) is 0 Å². The molecular weight excluding hydrogens is 418 g/mol. The molecule has 2 rings (SSSR count). The lowest BCUT2D eigenvalue weighted by molar-refractivity contribution is -0.0701. The van der Waals surface area contributed by atoms with Crippen molar-refractivity contribution in [3.05, 3.63) is 48.0 Å². The average Bonchev–Trinajstić information content (AvgIpc) is 2.71. The molecule has 0 bridgehead atoms. The molecule has 0 aliphatic carbocycles. The van der Waals surface area contributed by atoms with Crippen LogP contribution in [-0.4, -0.2) is 64.4 Å². The van der Waals surface area contributed by atoms with E-state index in [1.165, 1.54) is 4.90 Å². The molecular formula is C26H37N3O4. The molecule has 1 aromatic rings. The van der Waals surface area contributed by atoms with Gasteiger partial charge >= 0.3 is 12.1 Å². The van der Waals surface area contributed by atoms with Crippen molar-refractivity contribution in [2.45, 2.75) is 70.2 Å². The summed E-state index contributed by atoms with van der Waals surface area (Å²) in [5, 5.41) is 13.1. The number of nitrogens with zero attached hydrogens (tertiary/aromatic N) is 2. The van der Waals surface area contributed by atoms with E-state index in [-0.39, 0.29) is 12.1 Å². The minimum absolute atomic E-state index is 0.180. The lowest BCUT2D eigenvalue weighted by atomic mass is 9.85. The smallest absolute Gasteiger partial charge is 0.411 e. The highest BCUT2D eigenvalue weighted by Gasteiger charge is 2.43. The fourth-order valence-electron chi connectivity index (χ4n) is 3.77. The van der Waals surface area contributed by atoms with E-state index in [4.69, 9.17) is 4.74 Å². The molecule has 1 aromatic carbocycles. The Balaban J connectivity index is 2.08. The van der Waals surface area contributed by atoms with Crippen molar-refractivity contribution in [1.29, 1.82) is 0 Å². The molecule has 7 heteroatoms. The van der Waals surface area contributed by atoms with Crippen molar-refractivity contribution in [2.75, 3.05) is 20.6 Å². The molecule has 7 nitrogen and oxygen atoms in total. The van der Waals surface area contributed by atoms with Gasteiger partial charge < -0.3 is 25.0 Å². The molecule has 1 aliphatic rings. The van der Waals surface area contributed by atoms with Crippen molar-refractivity contribution >= 4 is 12.1 Å². The molecule has 2 atom stereocenters. The lowest BCUT2D eigenvalue weighted by Crippen LogP contribution is -2.51. The third-order valence-corrected chi connectivity index (χ3v) is 5.61. The maximum atomic E-state index is 12.8. The predicted octanol–water partition coefficient (Wildman–Crippen LogP) is 4.08. The van der Waals surface area contributed by atoms with E-state index in [9.17, 15) is 14.7 Å². The highest BCUT2D eigenvalue weighted by atomic mass is 16.6. The van der Waals surface area contributed by atoms with Crippen LogP contribution in [0.1, 0.15) is 64.6 Å². The van der Waals surface area contributed by atoms with Gasteiger partial charge in [0.15, 0.2) is 0 Å². The summed E-state index contributed by atoms with van der Waals surface area (Å²) in [7, 11) is 3.36. The van der Waals surface area contributed by atoms with Gasteiger partial charge in [-0.2, -0.15) is 0 Å². The highest BCUT2D eigenvalue weighted by molar-refractivity contribution is 5.75. The molecule has 33 heavy (non-hydrogen) atoms. The second kappa shape index (κ2) is 9.88. The van der Waals surface area contributed by atoms with Gasteiger partial charge in [0, 0.05) is 39.0 Å². The molecule has 0 spiro atoms. The van der Waals surface area contributed by atoms with Crippen LogP contribution in [0.5, 0.6) is 0 Å². The number of carbonyl (C=O) groups is 2. The molecule has 1 fully saturated rings. The molecule has 0 unspecified atom stereocenters. The van der Waals surface area contributed by atoms with E-state index >= 15 is 0 Å². The average molecular weight is 456 g/mol. The first kappa shape index (κ1) is 26.3. The minimum atomic E-state index is -0.969. The lowest BCUT2D eigenvalue weighted by Gasteiger charge is -2.43. The van der Waals surface area contributed by atoms with E-state index in [0.717, 1.165) is 11.1 Å². The Morgan fingerprint density at radius 2 is 1.94 bits per heavy atom. The molecule has 0 radical (unpaired) electrons. The predicted molar refractivity (Wildman–Crippen MR) is 130 cm³/mol. The van der Waals surface area contributed by atoms with Crippen LogP contribution in [0, 0.1) is 11.8 Å². The summed E-state index contributed by atoms with van der Waals surface area (Å²) >= 11 is 0. The summed E-state index contributed by atoms with van der Waals surface area (Å²) in [6.45, 7) is 13.4. The number of hydrogen-bond donors (Lipinski definition) is 2. The van der Waals surface area contributed by atoms with Gasteiger partial charge in [-0.1, -0.05) is 30.6 Å². The number of rotatable bonds is 6. The Hall–Kier alpha value is -2.98. The zero-order valence-corrected chi connectivity index (χ0v) is 20.9. The molecule has 3 amide bonds. The Labute approximate surface area is 197 Å². The van der Waals surface area contributed by atoms with Crippen molar-refractivity contribution in [1.82, 2.24) is 15.1 Å². The third kappa shape index (κ3) is 7.26. The number of ether oxygens (including phenoxy) is 1. The maximum Gasteiger partial charge on any atom is 0.411 e. The Kier molecular flexibility index (Phi) is 7.87. The van der Waals surface area contributed by atoms with Crippen LogP contribution < -0.4 is 5.32 Å².